The number of aliphatic hydroxyl groups is 1. The molecule has 0 radical (unpaired) electrons. The second-order valence-corrected chi connectivity index (χ2v) is 12.8. The highest BCUT2D eigenvalue weighted by Gasteiger charge is 2.51. The first kappa shape index (κ1) is 31.4. The lowest BCUT2D eigenvalue weighted by molar-refractivity contribution is -0.957. The van der Waals surface area contributed by atoms with Gasteiger partial charge in [-0.05, 0) is 81.7 Å². The van der Waals surface area contributed by atoms with Gasteiger partial charge in [0.05, 0.1) is 13.7 Å². The number of quaternary nitrogens is 1. The molecule has 0 saturated carbocycles. The molecule has 0 aliphatic carbocycles. The lowest BCUT2D eigenvalue weighted by Crippen LogP contribution is -3.00. The SMILES string of the molecule is CCOC(=O)COc1ccc2cc(C[N@@+]3(C)[C@@H]4C=C[C@H]3C[C@H](OC(=O)C(O)(c3ccsc3)c3ccsc3)C4)ccc2c1.[Br-]. The number of carbonyl (C=O) groups excluding carboxylic acids is 2. The number of likely N-dealkylation sites (N-methyl/N-ethyl adjacent to an activating group) is 1. The highest BCUT2D eigenvalue weighted by molar-refractivity contribution is 7.08. The number of ether oxygens (including phenoxy) is 3. The fourth-order valence-electron chi connectivity index (χ4n) is 6.28. The van der Waals surface area contributed by atoms with Gasteiger partial charge in [0.15, 0.2) is 6.61 Å². The van der Waals surface area contributed by atoms with E-state index in [9.17, 15) is 14.7 Å². The summed E-state index contributed by atoms with van der Waals surface area (Å²) in [7, 11) is 2.27. The molecule has 6 rings (SSSR count). The Morgan fingerprint density at radius 3 is 2.19 bits per heavy atom. The van der Waals surface area contributed by atoms with Crippen LogP contribution in [0, 0.1) is 0 Å². The average molecular weight is 685 g/mol. The van der Waals surface area contributed by atoms with Gasteiger partial charge in [0.25, 0.3) is 0 Å². The van der Waals surface area contributed by atoms with E-state index in [0.29, 0.717) is 36.3 Å². The van der Waals surface area contributed by atoms with Gasteiger partial charge in [-0.25, -0.2) is 9.59 Å². The standard InChI is InChI=1S/C33H34NO6S2.BrH/c1-3-38-31(35)19-39-29-9-6-23-14-22(4-5-24(23)15-29)18-34(2)27-7-8-28(34)17-30(16-27)40-32(36)33(37,25-10-12-41-20-25)26-11-13-42-21-26;/h4-15,20-21,27-28,30,37H,3,16-19H2,1-2H3;1H/q+1;/p-1/t27-,28+,30-,34+;. The Labute approximate surface area is 269 Å². The topological polar surface area (TPSA) is 82.1 Å². The fourth-order valence-corrected chi connectivity index (χ4v) is 7.68. The molecule has 2 aromatic heterocycles. The molecule has 4 heterocycles. The molecule has 1 fully saturated rings. The van der Waals surface area contributed by atoms with E-state index < -0.39 is 11.6 Å². The second-order valence-electron chi connectivity index (χ2n) is 11.2. The number of fused-ring (bicyclic) bond motifs is 3. The molecule has 2 aliphatic rings. The summed E-state index contributed by atoms with van der Waals surface area (Å²) < 4.78 is 17.4. The quantitative estimate of drug-likeness (QED) is 0.157. The summed E-state index contributed by atoms with van der Waals surface area (Å²) in [5.41, 5.74) is 0.505. The van der Waals surface area contributed by atoms with E-state index in [0.717, 1.165) is 21.8 Å². The summed E-state index contributed by atoms with van der Waals surface area (Å²) in [5, 5.41) is 21.1. The first-order chi connectivity index (χ1) is 20.3. The van der Waals surface area contributed by atoms with E-state index in [-0.39, 0.29) is 47.7 Å². The molecule has 4 aromatic rings. The number of rotatable bonds is 10. The van der Waals surface area contributed by atoms with E-state index >= 15 is 0 Å². The van der Waals surface area contributed by atoms with Crippen molar-refractivity contribution >= 4 is 45.4 Å². The molecule has 10 heteroatoms. The predicted molar refractivity (Wildman–Crippen MR) is 163 cm³/mol. The minimum absolute atomic E-state index is 0. The summed E-state index contributed by atoms with van der Waals surface area (Å²) in [4.78, 5) is 25.2. The molecular formula is C33H34BrNO6S2. The monoisotopic (exact) mass is 683 g/mol. The Hall–Kier alpha value is -3.02. The van der Waals surface area contributed by atoms with Gasteiger partial charge >= 0.3 is 11.9 Å². The number of hydrogen-bond donors (Lipinski definition) is 1. The van der Waals surface area contributed by atoms with E-state index in [2.05, 4.69) is 37.4 Å². The second kappa shape index (κ2) is 12.9. The third-order valence-electron chi connectivity index (χ3n) is 8.59. The van der Waals surface area contributed by atoms with Crippen LogP contribution in [0.2, 0.25) is 0 Å². The van der Waals surface area contributed by atoms with Gasteiger partial charge in [-0.15, -0.1) is 0 Å². The zero-order valence-electron chi connectivity index (χ0n) is 24.0. The predicted octanol–water partition coefficient (Wildman–Crippen LogP) is 2.80. The average Bonchev–Trinajstić information content (AvgIpc) is 3.74. The summed E-state index contributed by atoms with van der Waals surface area (Å²) >= 11 is 2.89. The Bertz CT molecular complexity index is 1550. The van der Waals surface area contributed by atoms with Crippen LogP contribution < -0.4 is 21.7 Å². The van der Waals surface area contributed by atoms with Crippen LogP contribution in [0.5, 0.6) is 5.75 Å². The molecule has 7 nitrogen and oxygen atoms in total. The van der Waals surface area contributed by atoms with Gasteiger partial charge in [0.1, 0.15) is 30.5 Å². The lowest BCUT2D eigenvalue weighted by atomic mass is 9.89. The van der Waals surface area contributed by atoms with Crippen molar-refractivity contribution in [3.63, 3.8) is 0 Å². The molecule has 2 aromatic carbocycles. The van der Waals surface area contributed by atoms with Crippen molar-refractivity contribution in [2.45, 2.75) is 50.1 Å². The maximum absolute atomic E-state index is 13.5. The van der Waals surface area contributed by atoms with Crippen molar-refractivity contribution in [1.82, 2.24) is 0 Å². The smallest absolute Gasteiger partial charge is 0.348 e. The van der Waals surface area contributed by atoms with Crippen molar-refractivity contribution < 1.29 is 50.4 Å². The van der Waals surface area contributed by atoms with Crippen LogP contribution in [0.25, 0.3) is 10.8 Å². The number of hydrogen-bond acceptors (Lipinski definition) is 8. The Balaban J connectivity index is 0.00000368. The molecule has 0 spiro atoms. The van der Waals surface area contributed by atoms with Crippen LogP contribution >= 0.6 is 22.7 Å². The minimum atomic E-state index is -1.81. The number of benzene rings is 2. The first-order valence-corrected chi connectivity index (χ1v) is 16.0. The van der Waals surface area contributed by atoms with E-state index in [4.69, 9.17) is 14.2 Å². The molecular weight excluding hydrogens is 650 g/mol. The first-order valence-electron chi connectivity index (χ1n) is 14.1. The molecule has 1 N–H and O–H groups in total. The van der Waals surface area contributed by atoms with Crippen LogP contribution in [-0.4, -0.2) is 60.0 Å². The Morgan fingerprint density at radius 1 is 0.953 bits per heavy atom. The number of nitrogens with zero attached hydrogens (tertiary/aromatic N) is 1. The van der Waals surface area contributed by atoms with Crippen molar-refractivity contribution in [2.24, 2.45) is 0 Å². The largest absolute Gasteiger partial charge is 1.00 e. The number of halogens is 1. The van der Waals surface area contributed by atoms with Crippen molar-refractivity contribution in [2.75, 3.05) is 20.3 Å². The molecule has 43 heavy (non-hydrogen) atoms. The summed E-state index contributed by atoms with van der Waals surface area (Å²) in [6, 6.07) is 16.2. The zero-order valence-corrected chi connectivity index (χ0v) is 27.2. The van der Waals surface area contributed by atoms with E-state index in [1.54, 1.807) is 29.8 Å². The number of thiophene rings is 2. The zero-order chi connectivity index (χ0) is 29.3. The third kappa shape index (κ3) is 6.17. The molecule has 0 amide bonds. The van der Waals surface area contributed by atoms with Gasteiger partial charge in [-0.3, -0.25) is 0 Å². The number of esters is 2. The van der Waals surface area contributed by atoms with Crippen LogP contribution in [0.3, 0.4) is 0 Å². The summed E-state index contributed by atoms with van der Waals surface area (Å²) in [6.07, 6.45) is 5.65. The summed E-state index contributed by atoms with van der Waals surface area (Å²) in [5.74, 6) is -0.363. The molecule has 2 bridgehead atoms. The van der Waals surface area contributed by atoms with Gasteiger partial charge < -0.3 is 40.8 Å². The van der Waals surface area contributed by atoms with Gasteiger partial charge in [-0.1, -0.05) is 18.2 Å². The maximum atomic E-state index is 13.5. The molecule has 4 atom stereocenters. The fraction of sp³-hybridized carbons (Fsp3) is 0.333. The molecule has 1 saturated heterocycles. The van der Waals surface area contributed by atoms with Gasteiger partial charge in [0.2, 0.25) is 5.60 Å². The maximum Gasteiger partial charge on any atom is 0.348 e. The van der Waals surface area contributed by atoms with Gasteiger partial charge in [-0.2, -0.15) is 22.7 Å². The van der Waals surface area contributed by atoms with Crippen LogP contribution in [0.4, 0.5) is 0 Å². The third-order valence-corrected chi connectivity index (χ3v) is 9.95. The highest BCUT2D eigenvalue weighted by Crippen LogP contribution is 2.41. The van der Waals surface area contributed by atoms with E-state index in [1.165, 1.54) is 28.2 Å². The van der Waals surface area contributed by atoms with Crippen molar-refractivity contribution in [3.8, 4) is 5.75 Å². The van der Waals surface area contributed by atoms with Gasteiger partial charge in [0, 0.05) is 29.5 Å². The number of piperidine rings is 1. The van der Waals surface area contributed by atoms with Crippen molar-refractivity contribution in [3.05, 3.63) is 98.9 Å². The molecule has 0 unspecified atom stereocenters. The lowest BCUT2D eigenvalue weighted by Gasteiger charge is -2.47. The molecule has 2 aliphatic heterocycles. The number of carbonyl (C=O) groups is 2. The van der Waals surface area contributed by atoms with Crippen molar-refractivity contribution in [1.29, 1.82) is 0 Å². The van der Waals surface area contributed by atoms with E-state index in [1.807, 2.05) is 29.0 Å². The summed E-state index contributed by atoms with van der Waals surface area (Å²) in [6.45, 7) is 2.83. The van der Waals surface area contributed by atoms with Crippen LogP contribution in [0.1, 0.15) is 36.5 Å². The van der Waals surface area contributed by atoms with Crippen LogP contribution in [0.15, 0.2) is 82.2 Å². The van der Waals surface area contributed by atoms with Crippen LogP contribution in [-0.2, 0) is 31.2 Å². The Morgan fingerprint density at radius 2 is 1.58 bits per heavy atom. The minimum Gasteiger partial charge on any atom is -1.00 e. The highest BCUT2D eigenvalue weighted by atomic mass is 79.9. The Kier molecular flexibility index (Phi) is 9.43. The molecule has 226 valence electrons. The normalized spacial score (nSPS) is 22.6.